The van der Waals surface area contributed by atoms with Crippen LogP contribution in [0.4, 0.5) is 0 Å². The molecule has 2 saturated carbocycles. The third kappa shape index (κ3) is 2.73. The molecule has 0 spiro atoms. The molecule has 0 aromatic heterocycles. The molecule has 81 valence electrons. The monoisotopic (exact) mass is 194 g/mol. The molecule has 0 aromatic carbocycles. The van der Waals surface area contributed by atoms with Crippen LogP contribution in [-0.2, 0) is 0 Å². The maximum absolute atomic E-state index is 6.18. The quantitative estimate of drug-likeness (QED) is 0.717. The van der Waals surface area contributed by atoms with Crippen molar-refractivity contribution in [3.63, 3.8) is 0 Å². The lowest BCUT2D eigenvalue weighted by Gasteiger charge is -2.32. The van der Waals surface area contributed by atoms with Gasteiger partial charge in [0.25, 0.3) is 0 Å². The van der Waals surface area contributed by atoms with E-state index in [2.05, 4.69) is 6.42 Å². The molecule has 2 N–H and O–H groups in total. The van der Waals surface area contributed by atoms with Crippen molar-refractivity contribution < 1.29 is 0 Å². The summed E-state index contributed by atoms with van der Waals surface area (Å²) in [6.07, 6.45) is 15.1. The molecule has 1 heteroatoms. The molecule has 0 heterocycles. The molecule has 2 aliphatic carbocycles. The summed E-state index contributed by atoms with van der Waals surface area (Å²) in [7, 11) is 0. The summed E-state index contributed by atoms with van der Waals surface area (Å²) in [6, 6.07) is 0.513. The highest BCUT2D eigenvalue weighted by Gasteiger charge is 2.25. The van der Waals surface area contributed by atoms with Crippen molar-refractivity contribution in [1.29, 1.82) is 0 Å². The minimum atomic E-state index is 0.513. The van der Waals surface area contributed by atoms with Crippen LogP contribution in [0.15, 0.2) is 0 Å². The smallest absolute Gasteiger partial charge is 0.00672 e. The number of nitrogens with two attached hydrogens (primary N) is 1. The molecule has 0 aliphatic heterocycles. The van der Waals surface area contributed by atoms with E-state index in [0.717, 1.165) is 11.8 Å². The lowest BCUT2D eigenvalue weighted by molar-refractivity contribution is 0.247. The molecule has 0 amide bonds. The first-order valence-corrected chi connectivity index (χ1v) is 6.45. The van der Waals surface area contributed by atoms with Crippen LogP contribution in [0.3, 0.4) is 0 Å². The standard InChI is InChI=1S/C13H24N/c14-13-9-5-4-8-12(13)10-11-6-2-1-3-7-11/h6,11-13H,1-5,7-10,14H2. The lowest BCUT2D eigenvalue weighted by atomic mass is 9.75. The molecule has 0 bridgehead atoms. The summed E-state index contributed by atoms with van der Waals surface area (Å²) < 4.78 is 0. The zero-order chi connectivity index (χ0) is 9.80. The third-order valence-corrected chi connectivity index (χ3v) is 4.10. The molecule has 1 radical (unpaired) electrons. The molecule has 2 rings (SSSR count). The van der Waals surface area contributed by atoms with E-state index in [-0.39, 0.29) is 0 Å². The Labute approximate surface area is 88.4 Å². The van der Waals surface area contributed by atoms with Gasteiger partial charge in [0, 0.05) is 6.04 Å². The van der Waals surface area contributed by atoms with Crippen molar-refractivity contribution in [3.8, 4) is 0 Å². The van der Waals surface area contributed by atoms with Gasteiger partial charge in [-0.05, 0) is 43.9 Å². The van der Waals surface area contributed by atoms with Crippen LogP contribution < -0.4 is 5.73 Å². The van der Waals surface area contributed by atoms with Gasteiger partial charge in [-0.1, -0.05) is 32.1 Å². The minimum Gasteiger partial charge on any atom is -0.327 e. The van der Waals surface area contributed by atoms with Gasteiger partial charge >= 0.3 is 0 Å². The van der Waals surface area contributed by atoms with Crippen molar-refractivity contribution in [3.05, 3.63) is 6.42 Å². The molecule has 0 aromatic rings. The van der Waals surface area contributed by atoms with Crippen LogP contribution in [0.1, 0.15) is 57.8 Å². The summed E-state index contributed by atoms with van der Waals surface area (Å²) in [5.41, 5.74) is 6.18. The Morgan fingerprint density at radius 1 is 1.00 bits per heavy atom. The van der Waals surface area contributed by atoms with Crippen molar-refractivity contribution in [2.75, 3.05) is 0 Å². The van der Waals surface area contributed by atoms with Gasteiger partial charge in [-0.15, -0.1) is 0 Å². The molecule has 3 atom stereocenters. The molecular formula is C13H24N. The molecule has 1 nitrogen and oxygen atoms in total. The Kier molecular flexibility index (Phi) is 3.86. The Morgan fingerprint density at radius 3 is 2.50 bits per heavy atom. The highest BCUT2D eigenvalue weighted by molar-refractivity contribution is 4.87. The summed E-state index contributed by atoms with van der Waals surface area (Å²) in [5.74, 6) is 1.74. The van der Waals surface area contributed by atoms with E-state index in [1.54, 1.807) is 0 Å². The largest absolute Gasteiger partial charge is 0.327 e. The number of hydrogen-bond donors (Lipinski definition) is 1. The van der Waals surface area contributed by atoms with Gasteiger partial charge in [0.2, 0.25) is 0 Å². The van der Waals surface area contributed by atoms with Crippen LogP contribution in [0.2, 0.25) is 0 Å². The zero-order valence-electron chi connectivity index (χ0n) is 9.25. The first kappa shape index (κ1) is 10.5. The van der Waals surface area contributed by atoms with E-state index >= 15 is 0 Å². The van der Waals surface area contributed by atoms with Crippen molar-refractivity contribution in [2.24, 2.45) is 17.6 Å². The van der Waals surface area contributed by atoms with E-state index in [9.17, 15) is 0 Å². The van der Waals surface area contributed by atoms with Gasteiger partial charge in [-0.3, -0.25) is 0 Å². The van der Waals surface area contributed by atoms with E-state index in [1.807, 2.05) is 0 Å². The zero-order valence-corrected chi connectivity index (χ0v) is 9.25. The first-order chi connectivity index (χ1) is 6.86. The van der Waals surface area contributed by atoms with Crippen LogP contribution >= 0.6 is 0 Å². The second kappa shape index (κ2) is 5.16. The van der Waals surface area contributed by atoms with Gasteiger partial charge in [-0.25, -0.2) is 0 Å². The second-order valence-corrected chi connectivity index (χ2v) is 5.22. The molecule has 2 fully saturated rings. The Morgan fingerprint density at radius 2 is 1.79 bits per heavy atom. The summed E-state index contributed by atoms with van der Waals surface area (Å²) in [5, 5.41) is 0. The maximum atomic E-state index is 6.18. The van der Waals surface area contributed by atoms with E-state index in [1.165, 1.54) is 57.8 Å². The lowest BCUT2D eigenvalue weighted by Crippen LogP contribution is -2.34. The van der Waals surface area contributed by atoms with E-state index in [0.29, 0.717) is 6.04 Å². The third-order valence-electron chi connectivity index (χ3n) is 4.10. The fourth-order valence-electron chi connectivity index (χ4n) is 3.15. The minimum absolute atomic E-state index is 0.513. The van der Waals surface area contributed by atoms with E-state index in [4.69, 9.17) is 5.73 Å². The van der Waals surface area contributed by atoms with Gasteiger partial charge in [0.05, 0.1) is 0 Å². The molecular weight excluding hydrogens is 170 g/mol. The highest BCUT2D eigenvalue weighted by atomic mass is 14.7. The van der Waals surface area contributed by atoms with Gasteiger partial charge < -0.3 is 5.73 Å². The first-order valence-electron chi connectivity index (χ1n) is 6.45. The van der Waals surface area contributed by atoms with Crippen molar-refractivity contribution in [2.45, 2.75) is 63.8 Å². The Hall–Kier alpha value is -0.0400. The van der Waals surface area contributed by atoms with Crippen LogP contribution in [0, 0.1) is 18.3 Å². The second-order valence-electron chi connectivity index (χ2n) is 5.22. The summed E-state index contributed by atoms with van der Waals surface area (Å²) in [4.78, 5) is 0. The topological polar surface area (TPSA) is 26.0 Å². The molecule has 2 aliphatic rings. The normalized spacial score (nSPS) is 35.8. The average Bonchev–Trinajstić information content (AvgIpc) is 2.23. The Bertz CT molecular complexity index is 161. The van der Waals surface area contributed by atoms with Crippen molar-refractivity contribution in [1.82, 2.24) is 0 Å². The van der Waals surface area contributed by atoms with Gasteiger partial charge in [0.15, 0.2) is 0 Å². The van der Waals surface area contributed by atoms with Crippen LogP contribution in [0.5, 0.6) is 0 Å². The Balaban J connectivity index is 1.76. The molecule has 0 saturated heterocycles. The molecule has 3 unspecified atom stereocenters. The maximum Gasteiger partial charge on any atom is 0.00672 e. The number of rotatable bonds is 2. The SMILES string of the molecule is NC1CCCCC1CC1[CH]CCCC1. The summed E-state index contributed by atoms with van der Waals surface area (Å²) >= 11 is 0. The molecule has 14 heavy (non-hydrogen) atoms. The van der Waals surface area contributed by atoms with E-state index < -0.39 is 0 Å². The van der Waals surface area contributed by atoms with Crippen LogP contribution in [0.25, 0.3) is 0 Å². The fraction of sp³-hybridized carbons (Fsp3) is 0.923. The van der Waals surface area contributed by atoms with Crippen molar-refractivity contribution >= 4 is 0 Å². The highest BCUT2D eigenvalue weighted by Crippen LogP contribution is 2.34. The predicted molar refractivity (Wildman–Crippen MR) is 60.8 cm³/mol. The fourth-order valence-corrected chi connectivity index (χ4v) is 3.15. The average molecular weight is 194 g/mol. The van der Waals surface area contributed by atoms with Gasteiger partial charge in [-0.2, -0.15) is 0 Å². The number of hydrogen-bond acceptors (Lipinski definition) is 1. The van der Waals surface area contributed by atoms with Crippen LogP contribution in [-0.4, -0.2) is 6.04 Å². The predicted octanol–water partition coefficient (Wildman–Crippen LogP) is 3.29. The summed E-state index contributed by atoms with van der Waals surface area (Å²) in [6.45, 7) is 0. The van der Waals surface area contributed by atoms with Gasteiger partial charge in [0.1, 0.15) is 0 Å².